The van der Waals surface area contributed by atoms with Gasteiger partial charge >= 0.3 is 0 Å². The zero-order valence-corrected chi connectivity index (χ0v) is 12.5. The van der Waals surface area contributed by atoms with Crippen LogP contribution in [0.25, 0.3) is 11.4 Å². The Balaban J connectivity index is 1.82. The number of halogens is 1. The lowest BCUT2D eigenvalue weighted by atomic mass is 10.1. The first-order valence-corrected chi connectivity index (χ1v) is 7.24. The fraction of sp³-hybridized carbons (Fsp3) is 0.118. The van der Waals surface area contributed by atoms with E-state index in [0.29, 0.717) is 17.0 Å². The van der Waals surface area contributed by atoms with E-state index >= 15 is 0 Å². The standard InChI is InChI=1S/C17H14FN3O3/c18-14-5-1-12(2-6-14)16(22)11-20-10-9-19-17(20)13-3-7-15(8-4-13)21(23)24/h1-10,16,22H,11H2. The van der Waals surface area contributed by atoms with E-state index in [9.17, 15) is 19.6 Å². The maximum absolute atomic E-state index is 13.0. The van der Waals surface area contributed by atoms with Gasteiger partial charge < -0.3 is 9.67 Å². The summed E-state index contributed by atoms with van der Waals surface area (Å²) in [5, 5.41) is 21.0. The van der Waals surface area contributed by atoms with Crippen LogP contribution in [0.1, 0.15) is 11.7 Å². The molecule has 0 bridgehead atoms. The van der Waals surface area contributed by atoms with E-state index in [1.54, 1.807) is 29.1 Å². The maximum atomic E-state index is 13.0. The van der Waals surface area contributed by atoms with Crippen molar-refractivity contribution in [3.05, 3.63) is 82.4 Å². The minimum Gasteiger partial charge on any atom is -0.387 e. The largest absolute Gasteiger partial charge is 0.387 e. The molecule has 3 aromatic rings. The van der Waals surface area contributed by atoms with Gasteiger partial charge in [0, 0.05) is 30.1 Å². The lowest BCUT2D eigenvalue weighted by Gasteiger charge is -2.14. The molecule has 0 saturated carbocycles. The predicted molar refractivity (Wildman–Crippen MR) is 85.7 cm³/mol. The molecule has 0 amide bonds. The molecule has 0 aliphatic rings. The van der Waals surface area contributed by atoms with Crippen LogP contribution in [0, 0.1) is 15.9 Å². The normalized spacial score (nSPS) is 12.1. The summed E-state index contributed by atoms with van der Waals surface area (Å²) in [6.07, 6.45) is 2.48. The van der Waals surface area contributed by atoms with Crippen molar-refractivity contribution in [3.63, 3.8) is 0 Å². The second-order valence-electron chi connectivity index (χ2n) is 5.27. The Labute approximate surface area is 137 Å². The third kappa shape index (κ3) is 3.31. The van der Waals surface area contributed by atoms with Crippen LogP contribution in [-0.4, -0.2) is 19.6 Å². The van der Waals surface area contributed by atoms with Gasteiger partial charge in [0.15, 0.2) is 0 Å². The Morgan fingerprint density at radius 2 is 1.83 bits per heavy atom. The molecule has 0 aliphatic carbocycles. The number of aliphatic hydroxyl groups excluding tert-OH is 1. The van der Waals surface area contributed by atoms with Gasteiger partial charge in [-0.25, -0.2) is 9.37 Å². The van der Waals surface area contributed by atoms with Gasteiger partial charge in [0.2, 0.25) is 0 Å². The number of hydrogen-bond acceptors (Lipinski definition) is 4. The molecule has 1 atom stereocenters. The molecule has 0 fully saturated rings. The summed E-state index contributed by atoms with van der Waals surface area (Å²) < 4.78 is 14.7. The Kier molecular flexibility index (Phi) is 4.35. The molecule has 7 heteroatoms. The number of nitro groups is 1. The van der Waals surface area contributed by atoms with Crippen LogP contribution in [0.2, 0.25) is 0 Å². The molecular weight excluding hydrogens is 313 g/mol. The highest BCUT2D eigenvalue weighted by atomic mass is 19.1. The van der Waals surface area contributed by atoms with Gasteiger partial charge in [-0.05, 0) is 29.8 Å². The second-order valence-corrected chi connectivity index (χ2v) is 5.27. The van der Waals surface area contributed by atoms with E-state index in [-0.39, 0.29) is 18.0 Å². The van der Waals surface area contributed by atoms with E-state index in [0.717, 1.165) is 0 Å². The average Bonchev–Trinajstić information content (AvgIpc) is 3.03. The SMILES string of the molecule is O=[N+]([O-])c1ccc(-c2nccn2CC(O)c2ccc(F)cc2)cc1. The first kappa shape index (κ1) is 15.8. The van der Waals surface area contributed by atoms with Crippen LogP contribution in [-0.2, 0) is 6.54 Å². The van der Waals surface area contributed by atoms with E-state index in [1.807, 2.05) is 0 Å². The van der Waals surface area contributed by atoms with Crippen molar-refractivity contribution in [1.29, 1.82) is 0 Å². The predicted octanol–water partition coefficient (Wildman–Crippen LogP) is 3.33. The van der Waals surface area contributed by atoms with Crippen LogP contribution in [0.5, 0.6) is 0 Å². The summed E-state index contributed by atoms with van der Waals surface area (Å²) >= 11 is 0. The van der Waals surface area contributed by atoms with Crippen molar-refractivity contribution in [2.24, 2.45) is 0 Å². The number of hydrogen-bond donors (Lipinski definition) is 1. The quantitative estimate of drug-likeness (QED) is 0.576. The molecule has 122 valence electrons. The Morgan fingerprint density at radius 1 is 1.17 bits per heavy atom. The lowest BCUT2D eigenvalue weighted by Crippen LogP contribution is -2.09. The van der Waals surface area contributed by atoms with Crippen LogP contribution >= 0.6 is 0 Å². The fourth-order valence-electron chi connectivity index (χ4n) is 2.43. The van der Waals surface area contributed by atoms with Gasteiger partial charge in [-0.3, -0.25) is 10.1 Å². The Hall–Kier alpha value is -3.06. The van der Waals surface area contributed by atoms with Gasteiger partial charge in [0.25, 0.3) is 5.69 Å². The lowest BCUT2D eigenvalue weighted by molar-refractivity contribution is -0.384. The first-order valence-electron chi connectivity index (χ1n) is 7.24. The zero-order chi connectivity index (χ0) is 17.1. The Bertz CT molecular complexity index is 844. The van der Waals surface area contributed by atoms with Crippen LogP contribution in [0.3, 0.4) is 0 Å². The molecule has 6 nitrogen and oxygen atoms in total. The summed E-state index contributed by atoms with van der Waals surface area (Å²) in [6, 6.07) is 11.7. The van der Waals surface area contributed by atoms with Gasteiger partial charge in [-0.2, -0.15) is 0 Å². The first-order chi connectivity index (χ1) is 11.5. The Morgan fingerprint density at radius 3 is 2.46 bits per heavy atom. The average molecular weight is 327 g/mol. The molecule has 0 spiro atoms. The smallest absolute Gasteiger partial charge is 0.269 e. The highest BCUT2D eigenvalue weighted by Crippen LogP contribution is 2.23. The summed E-state index contributed by atoms with van der Waals surface area (Å²) in [6.45, 7) is 0.234. The third-order valence-electron chi connectivity index (χ3n) is 3.68. The van der Waals surface area contributed by atoms with Crippen molar-refractivity contribution < 1.29 is 14.4 Å². The minimum atomic E-state index is -0.823. The molecule has 0 radical (unpaired) electrons. The highest BCUT2D eigenvalue weighted by Gasteiger charge is 2.13. The number of rotatable bonds is 5. The van der Waals surface area contributed by atoms with E-state index in [1.165, 1.54) is 36.4 Å². The summed E-state index contributed by atoms with van der Waals surface area (Å²) in [7, 11) is 0. The fourth-order valence-corrected chi connectivity index (χ4v) is 2.43. The molecule has 0 saturated heterocycles. The molecule has 3 rings (SSSR count). The van der Waals surface area contributed by atoms with Gasteiger partial charge in [0.1, 0.15) is 11.6 Å². The molecule has 24 heavy (non-hydrogen) atoms. The van der Waals surface area contributed by atoms with Crippen molar-refractivity contribution >= 4 is 5.69 Å². The minimum absolute atomic E-state index is 0.00297. The molecule has 1 aromatic heterocycles. The van der Waals surface area contributed by atoms with Gasteiger partial charge in [-0.15, -0.1) is 0 Å². The van der Waals surface area contributed by atoms with Crippen molar-refractivity contribution in [1.82, 2.24) is 9.55 Å². The monoisotopic (exact) mass is 327 g/mol. The molecule has 1 unspecified atom stereocenters. The highest BCUT2D eigenvalue weighted by molar-refractivity contribution is 5.57. The van der Waals surface area contributed by atoms with Crippen molar-refractivity contribution in [3.8, 4) is 11.4 Å². The topological polar surface area (TPSA) is 81.2 Å². The number of aliphatic hydroxyl groups is 1. The van der Waals surface area contributed by atoms with Crippen molar-refractivity contribution in [2.75, 3.05) is 0 Å². The number of imidazole rings is 1. The van der Waals surface area contributed by atoms with Crippen LogP contribution in [0.15, 0.2) is 60.9 Å². The summed E-state index contributed by atoms with van der Waals surface area (Å²) in [5.74, 6) is 0.228. The third-order valence-corrected chi connectivity index (χ3v) is 3.68. The van der Waals surface area contributed by atoms with E-state index < -0.39 is 11.0 Å². The van der Waals surface area contributed by atoms with E-state index in [4.69, 9.17) is 0 Å². The second kappa shape index (κ2) is 6.59. The zero-order valence-electron chi connectivity index (χ0n) is 12.5. The number of aromatic nitrogens is 2. The number of benzene rings is 2. The van der Waals surface area contributed by atoms with Crippen LogP contribution in [0.4, 0.5) is 10.1 Å². The van der Waals surface area contributed by atoms with Gasteiger partial charge in [-0.1, -0.05) is 12.1 Å². The van der Waals surface area contributed by atoms with Crippen LogP contribution < -0.4 is 0 Å². The molecule has 2 aromatic carbocycles. The number of nitro benzene ring substituents is 1. The number of non-ortho nitro benzene ring substituents is 1. The van der Waals surface area contributed by atoms with E-state index in [2.05, 4.69) is 4.98 Å². The number of nitrogens with zero attached hydrogens (tertiary/aromatic N) is 3. The molecular formula is C17H14FN3O3. The molecule has 1 N–H and O–H groups in total. The summed E-state index contributed by atoms with van der Waals surface area (Å²) in [5.41, 5.74) is 1.31. The molecule has 0 aliphatic heterocycles. The molecule has 1 heterocycles. The van der Waals surface area contributed by atoms with Gasteiger partial charge in [0.05, 0.1) is 17.6 Å². The van der Waals surface area contributed by atoms with Crippen molar-refractivity contribution in [2.45, 2.75) is 12.6 Å². The summed E-state index contributed by atoms with van der Waals surface area (Å²) in [4.78, 5) is 14.5. The maximum Gasteiger partial charge on any atom is 0.269 e.